The molecule has 0 aromatic heterocycles. The molecule has 0 spiro atoms. The SMILES string of the molecule is O=C(Nc1ccc(S(=O)(=O)Nc2cccc3ccccc23)cc1)C1CCN(S(=O)(=O)Cc2ccc(F)cc2)CC1. The highest BCUT2D eigenvalue weighted by Crippen LogP contribution is 2.27. The van der Waals surface area contributed by atoms with Crippen molar-refractivity contribution in [2.24, 2.45) is 5.92 Å². The van der Waals surface area contributed by atoms with Gasteiger partial charge >= 0.3 is 0 Å². The van der Waals surface area contributed by atoms with Gasteiger partial charge in [0.05, 0.1) is 16.3 Å². The number of piperidine rings is 1. The lowest BCUT2D eigenvalue weighted by molar-refractivity contribution is -0.120. The third-order valence-electron chi connectivity index (χ3n) is 6.95. The standard InChI is InChI=1S/C29H28FN3O5S2/c30-24-10-8-21(9-11-24)20-39(35,36)33-18-16-23(17-19-33)29(34)31-25-12-14-26(15-13-25)40(37,38)32-28-7-3-5-22-4-1-2-6-27(22)28/h1-15,23,32H,16-20H2,(H,31,34). The number of nitrogens with one attached hydrogen (secondary N) is 2. The van der Waals surface area contributed by atoms with Crippen LogP contribution in [0.5, 0.6) is 0 Å². The van der Waals surface area contributed by atoms with Crippen molar-refractivity contribution in [1.82, 2.24) is 4.31 Å². The summed E-state index contributed by atoms with van der Waals surface area (Å²) in [6, 6.07) is 24.1. The molecule has 1 aliphatic rings. The second-order valence-corrected chi connectivity index (χ2v) is 13.4. The van der Waals surface area contributed by atoms with Gasteiger partial charge in [0, 0.05) is 30.1 Å². The van der Waals surface area contributed by atoms with Gasteiger partial charge in [-0.3, -0.25) is 9.52 Å². The van der Waals surface area contributed by atoms with E-state index in [1.807, 2.05) is 30.3 Å². The van der Waals surface area contributed by atoms with Gasteiger partial charge in [-0.2, -0.15) is 0 Å². The fraction of sp³-hybridized carbons (Fsp3) is 0.207. The summed E-state index contributed by atoms with van der Waals surface area (Å²) in [5, 5.41) is 4.50. The zero-order valence-electron chi connectivity index (χ0n) is 21.5. The van der Waals surface area contributed by atoms with E-state index in [9.17, 15) is 26.0 Å². The van der Waals surface area contributed by atoms with Crippen LogP contribution in [0.3, 0.4) is 0 Å². The molecule has 0 atom stereocenters. The van der Waals surface area contributed by atoms with Gasteiger partial charge in [-0.15, -0.1) is 0 Å². The summed E-state index contributed by atoms with van der Waals surface area (Å²) < 4.78 is 68.7. The molecule has 1 saturated heterocycles. The maximum Gasteiger partial charge on any atom is 0.261 e. The van der Waals surface area contributed by atoms with Crippen LogP contribution < -0.4 is 10.0 Å². The van der Waals surface area contributed by atoms with Crippen molar-refractivity contribution in [3.63, 3.8) is 0 Å². The zero-order chi connectivity index (χ0) is 28.3. The van der Waals surface area contributed by atoms with Crippen molar-refractivity contribution in [2.75, 3.05) is 23.1 Å². The van der Waals surface area contributed by atoms with E-state index < -0.39 is 25.9 Å². The normalized spacial score (nSPS) is 15.1. The Morgan fingerprint density at radius 3 is 2.17 bits per heavy atom. The molecule has 0 bridgehead atoms. The Labute approximate surface area is 232 Å². The summed E-state index contributed by atoms with van der Waals surface area (Å²) in [5.74, 6) is -1.29. The van der Waals surface area contributed by atoms with Crippen molar-refractivity contribution < 1.29 is 26.0 Å². The number of fused-ring (bicyclic) bond motifs is 1. The molecule has 40 heavy (non-hydrogen) atoms. The maximum absolute atomic E-state index is 13.1. The van der Waals surface area contributed by atoms with E-state index in [0.717, 1.165) is 10.8 Å². The number of anilines is 2. The highest BCUT2D eigenvalue weighted by Gasteiger charge is 2.31. The molecule has 8 nitrogen and oxygen atoms in total. The number of rotatable bonds is 8. The lowest BCUT2D eigenvalue weighted by Crippen LogP contribution is -2.41. The largest absolute Gasteiger partial charge is 0.326 e. The second kappa shape index (κ2) is 11.4. The number of benzene rings is 4. The maximum atomic E-state index is 13.1. The monoisotopic (exact) mass is 581 g/mol. The van der Waals surface area contributed by atoms with Crippen molar-refractivity contribution in [3.8, 4) is 0 Å². The number of halogens is 1. The molecule has 0 radical (unpaired) electrons. The summed E-state index contributed by atoms with van der Waals surface area (Å²) >= 11 is 0. The molecule has 11 heteroatoms. The highest BCUT2D eigenvalue weighted by molar-refractivity contribution is 7.92. The number of nitrogens with zero attached hydrogens (tertiary/aromatic N) is 1. The van der Waals surface area contributed by atoms with Gasteiger partial charge in [-0.1, -0.05) is 48.5 Å². The summed E-state index contributed by atoms with van der Waals surface area (Å²) in [6.07, 6.45) is 0.714. The van der Waals surface area contributed by atoms with Crippen LogP contribution in [-0.4, -0.2) is 40.1 Å². The average Bonchev–Trinajstić information content (AvgIpc) is 2.94. The summed E-state index contributed by atoms with van der Waals surface area (Å²) in [6.45, 7) is 0.414. The minimum atomic E-state index is -3.86. The van der Waals surface area contributed by atoms with Crippen LogP contribution in [0.1, 0.15) is 18.4 Å². The summed E-state index contributed by atoms with van der Waals surface area (Å²) in [5.41, 5.74) is 1.42. The molecule has 1 heterocycles. The van der Waals surface area contributed by atoms with Crippen molar-refractivity contribution in [1.29, 1.82) is 0 Å². The average molecular weight is 582 g/mol. The van der Waals surface area contributed by atoms with Gasteiger partial charge in [0.15, 0.2) is 0 Å². The predicted molar refractivity (Wildman–Crippen MR) is 153 cm³/mol. The molecule has 0 saturated carbocycles. The van der Waals surface area contributed by atoms with E-state index in [-0.39, 0.29) is 35.6 Å². The summed E-state index contributed by atoms with van der Waals surface area (Å²) in [4.78, 5) is 12.9. The second-order valence-electron chi connectivity index (χ2n) is 9.70. The van der Waals surface area contributed by atoms with Crippen molar-refractivity contribution in [3.05, 3.63) is 102 Å². The van der Waals surface area contributed by atoms with Gasteiger partial charge in [0.1, 0.15) is 5.82 Å². The smallest absolute Gasteiger partial charge is 0.261 e. The molecule has 0 aliphatic carbocycles. The molecule has 0 unspecified atom stereocenters. The quantitative estimate of drug-likeness (QED) is 0.306. The van der Waals surface area contributed by atoms with Crippen LogP contribution in [-0.2, 0) is 30.6 Å². The number of hydrogen-bond donors (Lipinski definition) is 2. The fourth-order valence-electron chi connectivity index (χ4n) is 4.76. The first-order valence-corrected chi connectivity index (χ1v) is 15.8. The third-order valence-corrected chi connectivity index (χ3v) is 10.2. The Bertz CT molecular complexity index is 1730. The molecule has 4 aromatic rings. The van der Waals surface area contributed by atoms with Crippen LogP contribution in [0.15, 0.2) is 95.9 Å². The predicted octanol–water partition coefficient (Wildman–Crippen LogP) is 4.96. The highest BCUT2D eigenvalue weighted by atomic mass is 32.2. The molecular weight excluding hydrogens is 553 g/mol. The molecular formula is C29H28FN3O5S2. The molecule has 1 aliphatic heterocycles. The Morgan fingerprint density at radius 1 is 0.825 bits per heavy atom. The number of carbonyl (C=O) groups is 1. The Kier molecular flexibility index (Phi) is 7.88. The van der Waals surface area contributed by atoms with E-state index in [1.165, 1.54) is 52.8 Å². The molecule has 5 rings (SSSR count). The van der Waals surface area contributed by atoms with E-state index in [4.69, 9.17) is 0 Å². The zero-order valence-corrected chi connectivity index (χ0v) is 23.1. The molecule has 1 amide bonds. The molecule has 4 aromatic carbocycles. The topological polar surface area (TPSA) is 113 Å². The van der Waals surface area contributed by atoms with Gasteiger partial charge in [-0.05, 0) is 66.3 Å². The fourth-order valence-corrected chi connectivity index (χ4v) is 7.40. The van der Waals surface area contributed by atoms with Crippen LogP contribution in [0, 0.1) is 11.7 Å². The Balaban J connectivity index is 1.17. The first-order chi connectivity index (χ1) is 19.1. The number of hydrogen-bond acceptors (Lipinski definition) is 5. The lowest BCUT2D eigenvalue weighted by Gasteiger charge is -2.30. The Hall–Kier alpha value is -3.80. The number of carbonyl (C=O) groups excluding carboxylic acids is 1. The first-order valence-electron chi connectivity index (χ1n) is 12.7. The lowest BCUT2D eigenvalue weighted by atomic mass is 9.97. The molecule has 208 valence electrons. The van der Waals surface area contributed by atoms with E-state index >= 15 is 0 Å². The van der Waals surface area contributed by atoms with Crippen LogP contribution in [0.4, 0.5) is 15.8 Å². The van der Waals surface area contributed by atoms with E-state index in [2.05, 4.69) is 10.0 Å². The summed E-state index contributed by atoms with van der Waals surface area (Å²) in [7, 11) is -7.45. The first kappa shape index (κ1) is 27.8. The van der Waals surface area contributed by atoms with Gasteiger partial charge in [-0.25, -0.2) is 25.5 Å². The minimum Gasteiger partial charge on any atom is -0.326 e. The van der Waals surface area contributed by atoms with E-state index in [1.54, 1.807) is 12.1 Å². The number of sulfonamides is 2. The van der Waals surface area contributed by atoms with Crippen molar-refractivity contribution >= 4 is 48.1 Å². The minimum absolute atomic E-state index is 0.0538. The van der Waals surface area contributed by atoms with Crippen LogP contribution in [0.2, 0.25) is 0 Å². The molecule has 1 fully saturated rings. The van der Waals surface area contributed by atoms with Gasteiger partial charge < -0.3 is 5.32 Å². The van der Waals surface area contributed by atoms with E-state index in [0.29, 0.717) is 29.8 Å². The van der Waals surface area contributed by atoms with Gasteiger partial charge in [0.2, 0.25) is 15.9 Å². The third kappa shape index (κ3) is 6.33. The Morgan fingerprint density at radius 2 is 1.48 bits per heavy atom. The molecule has 2 N–H and O–H groups in total. The van der Waals surface area contributed by atoms with Crippen LogP contribution >= 0.6 is 0 Å². The van der Waals surface area contributed by atoms with Crippen molar-refractivity contribution in [2.45, 2.75) is 23.5 Å². The van der Waals surface area contributed by atoms with Crippen LogP contribution in [0.25, 0.3) is 10.8 Å². The number of amides is 1. The van der Waals surface area contributed by atoms with Gasteiger partial charge in [0.25, 0.3) is 10.0 Å².